The monoisotopic (exact) mass is 385 g/mol. The summed E-state index contributed by atoms with van der Waals surface area (Å²) in [4.78, 5) is -0.0971. The van der Waals surface area contributed by atoms with Gasteiger partial charge in [0.05, 0.1) is 23.9 Å². The number of hydrogen-bond acceptors (Lipinski definition) is 4. The predicted molar refractivity (Wildman–Crippen MR) is 93.1 cm³/mol. The van der Waals surface area contributed by atoms with Crippen LogP contribution in [0.25, 0.3) is 0 Å². The molecule has 0 aliphatic carbocycles. The van der Waals surface area contributed by atoms with Crippen LogP contribution in [0.15, 0.2) is 41.3 Å². The summed E-state index contributed by atoms with van der Waals surface area (Å²) in [6, 6.07) is 8.07. The Bertz CT molecular complexity index is 904. The van der Waals surface area contributed by atoms with Gasteiger partial charge < -0.3 is 9.84 Å². The molecule has 5 nitrogen and oxygen atoms in total. The zero-order chi connectivity index (χ0) is 18.2. The van der Waals surface area contributed by atoms with Crippen LogP contribution in [-0.4, -0.2) is 27.2 Å². The molecule has 1 unspecified atom stereocenters. The van der Waals surface area contributed by atoms with Gasteiger partial charge in [-0.3, -0.25) is 4.31 Å². The van der Waals surface area contributed by atoms with Crippen molar-refractivity contribution >= 4 is 27.3 Å². The van der Waals surface area contributed by atoms with Gasteiger partial charge in [0.25, 0.3) is 10.0 Å². The summed E-state index contributed by atoms with van der Waals surface area (Å²) in [6.45, 7) is 0.158. The second-order valence-corrected chi connectivity index (χ2v) is 7.97. The summed E-state index contributed by atoms with van der Waals surface area (Å²) in [5.74, 6) is -0.173. The fourth-order valence-electron chi connectivity index (χ4n) is 2.90. The van der Waals surface area contributed by atoms with Gasteiger partial charge in [-0.15, -0.1) is 0 Å². The van der Waals surface area contributed by atoms with Crippen LogP contribution in [0.2, 0.25) is 5.02 Å². The fraction of sp³-hybridized carbons (Fsp3) is 0.294. The van der Waals surface area contributed by atoms with Gasteiger partial charge in [-0.25, -0.2) is 12.8 Å². The highest BCUT2D eigenvalue weighted by atomic mass is 35.5. The molecule has 0 spiro atoms. The van der Waals surface area contributed by atoms with E-state index in [0.717, 1.165) is 0 Å². The van der Waals surface area contributed by atoms with Gasteiger partial charge in [0.1, 0.15) is 16.5 Å². The number of nitrogens with zero attached hydrogens (tertiary/aromatic N) is 1. The first-order chi connectivity index (χ1) is 11.8. The smallest absolute Gasteiger partial charge is 0.265 e. The molecule has 25 heavy (non-hydrogen) atoms. The molecule has 0 fully saturated rings. The van der Waals surface area contributed by atoms with Crippen molar-refractivity contribution in [3.63, 3.8) is 0 Å². The molecule has 2 aromatic carbocycles. The van der Waals surface area contributed by atoms with E-state index >= 15 is 0 Å². The first-order valence-electron chi connectivity index (χ1n) is 7.68. The number of rotatable bonds is 3. The van der Waals surface area contributed by atoms with Gasteiger partial charge in [-0.1, -0.05) is 11.6 Å². The second-order valence-electron chi connectivity index (χ2n) is 5.73. The minimum Gasteiger partial charge on any atom is -0.497 e. The average Bonchev–Trinajstić information content (AvgIpc) is 2.74. The topological polar surface area (TPSA) is 66.8 Å². The lowest BCUT2D eigenvalue weighted by molar-refractivity contribution is 0.168. The van der Waals surface area contributed by atoms with Gasteiger partial charge in [-0.05, 0) is 43.2 Å². The van der Waals surface area contributed by atoms with Crippen molar-refractivity contribution in [3.05, 3.63) is 52.8 Å². The zero-order valence-corrected chi connectivity index (χ0v) is 15.0. The van der Waals surface area contributed by atoms with Crippen LogP contribution < -0.4 is 9.04 Å². The van der Waals surface area contributed by atoms with E-state index in [0.29, 0.717) is 18.6 Å². The number of fused-ring (bicyclic) bond motifs is 1. The minimum absolute atomic E-state index is 0.0641. The second kappa shape index (κ2) is 6.82. The van der Waals surface area contributed by atoms with Crippen LogP contribution in [0.4, 0.5) is 10.1 Å². The molecule has 0 amide bonds. The van der Waals surface area contributed by atoms with Crippen LogP contribution >= 0.6 is 11.6 Å². The van der Waals surface area contributed by atoms with Gasteiger partial charge in [0.2, 0.25) is 0 Å². The van der Waals surface area contributed by atoms with Crippen molar-refractivity contribution in [3.8, 4) is 5.75 Å². The number of hydrogen-bond donors (Lipinski definition) is 1. The Morgan fingerprint density at radius 1 is 1.28 bits per heavy atom. The Morgan fingerprint density at radius 2 is 2.04 bits per heavy atom. The van der Waals surface area contributed by atoms with E-state index in [1.54, 1.807) is 6.07 Å². The Morgan fingerprint density at radius 3 is 2.76 bits per heavy atom. The van der Waals surface area contributed by atoms with Crippen molar-refractivity contribution in [2.75, 3.05) is 18.0 Å². The molecular weight excluding hydrogens is 369 g/mol. The van der Waals surface area contributed by atoms with E-state index < -0.39 is 21.9 Å². The first kappa shape index (κ1) is 18.0. The fourth-order valence-corrected chi connectivity index (χ4v) is 4.92. The van der Waals surface area contributed by atoms with Crippen LogP contribution in [-0.2, 0) is 10.0 Å². The molecule has 1 heterocycles. The van der Waals surface area contributed by atoms with E-state index in [1.165, 1.54) is 41.7 Å². The molecule has 8 heteroatoms. The summed E-state index contributed by atoms with van der Waals surface area (Å²) in [5.41, 5.74) is 0.505. The number of anilines is 1. The van der Waals surface area contributed by atoms with Gasteiger partial charge >= 0.3 is 0 Å². The average molecular weight is 386 g/mol. The van der Waals surface area contributed by atoms with Crippen LogP contribution in [0.3, 0.4) is 0 Å². The van der Waals surface area contributed by atoms with Crippen molar-refractivity contribution in [1.29, 1.82) is 0 Å². The number of aliphatic hydroxyl groups excluding tert-OH is 1. The molecule has 1 atom stereocenters. The number of halogens is 2. The summed E-state index contributed by atoms with van der Waals surface area (Å²) in [7, 11) is -2.58. The van der Waals surface area contributed by atoms with E-state index in [1.807, 2.05) is 0 Å². The number of benzene rings is 2. The molecule has 2 aromatic rings. The molecule has 3 rings (SSSR count). The van der Waals surface area contributed by atoms with Crippen molar-refractivity contribution < 1.29 is 22.7 Å². The number of sulfonamides is 1. The molecule has 0 saturated heterocycles. The number of ether oxygens (including phenoxy) is 1. The molecular formula is C17H17ClFNO4S. The normalized spacial score (nSPS) is 17.8. The number of aliphatic hydroxyl groups is 1. The predicted octanol–water partition coefficient (Wildman–Crippen LogP) is 3.51. The molecule has 0 bridgehead atoms. The van der Waals surface area contributed by atoms with Crippen LogP contribution in [0.1, 0.15) is 24.5 Å². The largest absolute Gasteiger partial charge is 0.497 e. The lowest BCUT2D eigenvalue weighted by Crippen LogP contribution is -2.32. The Kier molecular flexibility index (Phi) is 4.90. The SMILES string of the molecule is COc1ccc(Cl)c(S(=O)(=O)N2CCCC(O)c3cc(F)ccc32)c1. The van der Waals surface area contributed by atoms with Gasteiger partial charge in [-0.2, -0.15) is 0 Å². The lowest BCUT2D eigenvalue weighted by Gasteiger charge is -2.25. The standard InChI is InChI=1S/C17H17ClFNO4S/c1-24-12-5-6-14(18)17(10-12)25(22,23)20-8-2-3-16(21)13-9-11(19)4-7-15(13)20/h4-7,9-10,16,21H,2-3,8H2,1H3. The molecule has 1 aliphatic heterocycles. The lowest BCUT2D eigenvalue weighted by atomic mass is 10.0. The van der Waals surface area contributed by atoms with Crippen molar-refractivity contribution in [2.45, 2.75) is 23.8 Å². The Hall–Kier alpha value is -1.83. The maximum atomic E-state index is 13.6. The summed E-state index contributed by atoms with van der Waals surface area (Å²) in [6.07, 6.45) is -0.154. The van der Waals surface area contributed by atoms with Crippen molar-refractivity contribution in [1.82, 2.24) is 0 Å². The highest BCUT2D eigenvalue weighted by Crippen LogP contribution is 2.38. The highest BCUT2D eigenvalue weighted by Gasteiger charge is 2.32. The molecule has 134 valence electrons. The third-order valence-electron chi connectivity index (χ3n) is 4.16. The maximum Gasteiger partial charge on any atom is 0.265 e. The summed E-state index contributed by atoms with van der Waals surface area (Å²) in [5, 5.41) is 10.3. The molecule has 0 radical (unpaired) electrons. The van der Waals surface area contributed by atoms with Crippen molar-refractivity contribution in [2.24, 2.45) is 0 Å². The summed E-state index contributed by atoms with van der Waals surface area (Å²) < 4.78 is 46.2. The number of methoxy groups -OCH3 is 1. The van der Waals surface area contributed by atoms with Gasteiger partial charge in [0.15, 0.2) is 0 Å². The minimum atomic E-state index is -4.01. The first-order valence-corrected chi connectivity index (χ1v) is 9.50. The van der Waals surface area contributed by atoms with E-state index in [2.05, 4.69) is 0 Å². The van der Waals surface area contributed by atoms with Gasteiger partial charge in [0, 0.05) is 18.2 Å². The molecule has 1 aliphatic rings. The maximum absolute atomic E-state index is 13.6. The molecule has 0 aromatic heterocycles. The quantitative estimate of drug-likeness (QED) is 0.878. The van der Waals surface area contributed by atoms with E-state index in [4.69, 9.17) is 16.3 Å². The third kappa shape index (κ3) is 3.31. The van der Waals surface area contributed by atoms with Crippen LogP contribution in [0, 0.1) is 5.82 Å². The zero-order valence-electron chi connectivity index (χ0n) is 13.4. The molecule has 0 saturated carbocycles. The Labute approximate surface area is 150 Å². The summed E-state index contributed by atoms with van der Waals surface area (Å²) >= 11 is 6.11. The third-order valence-corrected chi connectivity index (χ3v) is 6.46. The van der Waals surface area contributed by atoms with E-state index in [-0.39, 0.29) is 27.7 Å². The van der Waals surface area contributed by atoms with E-state index in [9.17, 15) is 17.9 Å². The highest BCUT2D eigenvalue weighted by molar-refractivity contribution is 7.93. The molecule has 1 N–H and O–H groups in total. The van der Waals surface area contributed by atoms with Crippen LogP contribution in [0.5, 0.6) is 5.75 Å². The Balaban J connectivity index is 2.16.